The van der Waals surface area contributed by atoms with Crippen LogP contribution in [0.25, 0.3) is 10.9 Å². The molecule has 2 aromatic rings. The highest BCUT2D eigenvalue weighted by Crippen LogP contribution is 2.33. The summed E-state index contributed by atoms with van der Waals surface area (Å²) >= 11 is 0. The maximum atomic E-state index is 11.6. The lowest BCUT2D eigenvalue weighted by molar-refractivity contribution is -0.134. The van der Waals surface area contributed by atoms with Gasteiger partial charge in [-0.05, 0) is 75.6 Å². The zero-order chi connectivity index (χ0) is 23.0. The Balaban J connectivity index is 0.000000366. The lowest BCUT2D eigenvalue weighted by atomic mass is 9.89. The van der Waals surface area contributed by atoms with Crippen molar-refractivity contribution in [2.75, 3.05) is 32.9 Å². The van der Waals surface area contributed by atoms with Crippen molar-refractivity contribution in [3.63, 3.8) is 0 Å². The van der Waals surface area contributed by atoms with Gasteiger partial charge in [0.1, 0.15) is 0 Å². The van der Waals surface area contributed by atoms with Gasteiger partial charge in [-0.3, -0.25) is 0 Å². The number of fused-ring (bicyclic) bond motifs is 1. The predicted octanol–water partition coefficient (Wildman–Crippen LogP) is 1.78. The van der Waals surface area contributed by atoms with Gasteiger partial charge in [0.2, 0.25) is 10.0 Å². The molecular formula is C21H29N3O6S. The summed E-state index contributed by atoms with van der Waals surface area (Å²) < 4.78 is 25.6. The highest BCUT2D eigenvalue weighted by atomic mass is 32.2. The normalized spacial score (nSPS) is 15.7. The molecule has 1 aromatic carbocycles. The van der Waals surface area contributed by atoms with E-state index in [2.05, 4.69) is 40.0 Å². The van der Waals surface area contributed by atoms with Gasteiger partial charge in [0, 0.05) is 29.3 Å². The third-order valence-electron chi connectivity index (χ3n) is 5.28. The van der Waals surface area contributed by atoms with Crippen molar-refractivity contribution in [3.8, 4) is 0 Å². The summed E-state index contributed by atoms with van der Waals surface area (Å²) in [7, 11) is 0.476. The fourth-order valence-electron chi connectivity index (χ4n) is 3.50. The number of carboxylic acid groups (broad SMARTS) is 2. The van der Waals surface area contributed by atoms with Crippen molar-refractivity contribution in [1.29, 1.82) is 0 Å². The number of carboxylic acids is 2. The summed E-state index contributed by atoms with van der Waals surface area (Å²) in [4.78, 5) is 24.8. The largest absolute Gasteiger partial charge is 0.478 e. The molecule has 4 N–H and O–H groups in total. The molecule has 0 bridgehead atoms. The van der Waals surface area contributed by atoms with E-state index in [1.54, 1.807) is 0 Å². The number of carbonyl (C=O) groups is 2. The van der Waals surface area contributed by atoms with Crippen LogP contribution in [-0.2, 0) is 26.0 Å². The quantitative estimate of drug-likeness (QED) is 0.471. The van der Waals surface area contributed by atoms with Crippen LogP contribution in [-0.4, -0.2) is 73.4 Å². The Hall–Kier alpha value is -2.69. The molecule has 1 aromatic heterocycles. The van der Waals surface area contributed by atoms with E-state index >= 15 is 0 Å². The van der Waals surface area contributed by atoms with Crippen LogP contribution >= 0.6 is 0 Å². The summed E-state index contributed by atoms with van der Waals surface area (Å²) in [6.45, 7) is 2.27. The van der Waals surface area contributed by atoms with Crippen LogP contribution in [0, 0.1) is 0 Å². The minimum Gasteiger partial charge on any atom is -0.478 e. The van der Waals surface area contributed by atoms with Gasteiger partial charge in [-0.25, -0.2) is 22.7 Å². The molecule has 0 radical (unpaired) electrons. The second-order valence-corrected chi connectivity index (χ2v) is 9.53. The maximum absolute atomic E-state index is 11.6. The van der Waals surface area contributed by atoms with Gasteiger partial charge in [-0.2, -0.15) is 0 Å². The molecule has 0 atom stereocenters. The number of aromatic amines is 1. The molecule has 9 nitrogen and oxygen atoms in total. The van der Waals surface area contributed by atoms with Crippen molar-refractivity contribution in [1.82, 2.24) is 14.6 Å². The molecule has 0 saturated carbocycles. The predicted molar refractivity (Wildman–Crippen MR) is 119 cm³/mol. The number of H-pyrrole nitrogens is 1. The van der Waals surface area contributed by atoms with Gasteiger partial charge in [-0.1, -0.05) is 6.07 Å². The molecule has 1 fully saturated rings. The number of likely N-dealkylation sites (tertiary alicyclic amines) is 1. The number of piperidine rings is 1. The number of sulfonamides is 1. The first-order valence-electron chi connectivity index (χ1n) is 9.95. The smallest absolute Gasteiger partial charge is 0.328 e. The first-order valence-corrected chi connectivity index (χ1v) is 11.6. The van der Waals surface area contributed by atoms with Crippen molar-refractivity contribution in [2.45, 2.75) is 25.2 Å². The van der Waals surface area contributed by atoms with Crippen molar-refractivity contribution in [2.24, 2.45) is 0 Å². The van der Waals surface area contributed by atoms with Crippen molar-refractivity contribution in [3.05, 3.63) is 47.7 Å². The number of nitrogens with one attached hydrogen (secondary N) is 2. The topological polar surface area (TPSA) is 140 Å². The molecular weight excluding hydrogens is 422 g/mol. The third-order valence-corrected chi connectivity index (χ3v) is 6.64. The van der Waals surface area contributed by atoms with Crippen LogP contribution in [0.3, 0.4) is 0 Å². The Morgan fingerprint density at radius 3 is 2.35 bits per heavy atom. The number of nitrogens with zero attached hydrogens (tertiary/aromatic N) is 1. The van der Waals surface area contributed by atoms with Crippen LogP contribution in [0.2, 0.25) is 0 Å². The Bertz CT molecular complexity index is 1020. The van der Waals surface area contributed by atoms with Crippen LogP contribution < -0.4 is 4.72 Å². The average molecular weight is 452 g/mol. The van der Waals surface area contributed by atoms with E-state index in [9.17, 15) is 18.0 Å². The Morgan fingerprint density at radius 2 is 1.81 bits per heavy atom. The van der Waals surface area contributed by atoms with Gasteiger partial charge in [0.05, 0.1) is 5.75 Å². The first-order chi connectivity index (χ1) is 14.6. The standard InChI is InChI=1S/C17H25N3O2S.C4H4O4/c1-18-23(21,22)10-7-13-3-4-17-15(11-13)16(12-19-17)14-5-8-20(2)9-6-14;5-3(6)1-2-4(7)8/h3-4,11-12,14,18-19H,5-10H2,1-2H3;1-2H,(H,5,6)(H,7,8)/b;2-1+. The third kappa shape index (κ3) is 7.82. The van der Waals surface area contributed by atoms with Crippen molar-refractivity contribution >= 4 is 32.9 Å². The van der Waals surface area contributed by atoms with E-state index < -0.39 is 22.0 Å². The minimum absolute atomic E-state index is 0.128. The number of aliphatic carboxylic acids is 2. The number of aryl methyl sites for hydroxylation is 1. The molecule has 10 heteroatoms. The molecule has 1 saturated heterocycles. The highest BCUT2D eigenvalue weighted by molar-refractivity contribution is 7.89. The highest BCUT2D eigenvalue weighted by Gasteiger charge is 2.21. The second-order valence-electron chi connectivity index (χ2n) is 7.48. The number of rotatable bonds is 7. The van der Waals surface area contributed by atoms with Gasteiger partial charge >= 0.3 is 11.9 Å². The fraction of sp³-hybridized carbons (Fsp3) is 0.429. The van der Waals surface area contributed by atoms with E-state index in [1.807, 2.05) is 6.07 Å². The number of aromatic nitrogens is 1. The van der Waals surface area contributed by atoms with Gasteiger partial charge in [0.15, 0.2) is 0 Å². The van der Waals surface area contributed by atoms with E-state index in [-0.39, 0.29) is 5.75 Å². The Morgan fingerprint density at radius 1 is 1.19 bits per heavy atom. The second kappa shape index (κ2) is 11.1. The van der Waals surface area contributed by atoms with Crippen LogP contribution in [0.15, 0.2) is 36.5 Å². The maximum Gasteiger partial charge on any atom is 0.328 e. The van der Waals surface area contributed by atoms with Gasteiger partial charge < -0.3 is 20.1 Å². The molecule has 1 aliphatic rings. The summed E-state index contributed by atoms with van der Waals surface area (Å²) in [5.41, 5.74) is 3.59. The molecule has 0 aliphatic carbocycles. The van der Waals surface area contributed by atoms with E-state index in [1.165, 1.54) is 30.8 Å². The van der Waals surface area contributed by atoms with E-state index in [4.69, 9.17) is 10.2 Å². The zero-order valence-corrected chi connectivity index (χ0v) is 18.5. The summed E-state index contributed by atoms with van der Waals surface area (Å²) in [5.74, 6) is -1.79. The molecule has 3 rings (SSSR count). The molecule has 2 heterocycles. The molecule has 31 heavy (non-hydrogen) atoms. The number of hydrogen-bond donors (Lipinski definition) is 4. The molecule has 0 amide bonds. The summed E-state index contributed by atoms with van der Waals surface area (Å²) in [5, 5.41) is 16.9. The summed E-state index contributed by atoms with van der Waals surface area (Å²) in [6, 6.07) is 6.24. The van der Waals surface area contributed by atoms with E-state index in [0.717, 1.165) is 24.2 Å². The molecule has 1 aliphatic heterocycles. The monoisotopic (exact) mass is 451 g/mol. The number of hydrogen-bond acceptors (Lipinski definition) is 5. The molecule has 0 spiro atoms. The lowest BCUT2D eigenvalue weighted by Crippen LogP contribution is -2.29. The van der Waals surface area contributed by atoms with Gasteiger partial charge in [-0.15, -0.1) is 0 Å². The lowest BCUT2D eigenvalue weighted by Gasteiger charge is -2.28. The Kier molecular flexibility index (Phi) is 8.78. The molecule has 170 valence electrons. The summed E-state index contributed by atoms with van der Waals surface area (Å²) in [6.07, 6.45) is 6.15. The fourth-order valence-corrected chi connectivity index (χ4v) is 4.21. The minimum atomic E-state index is -3.16. The van der Waals surface area contributed by atoms with Crippen LogP contribution in [0.5, 0.6) is 0 Å². The molecule has 0 unspecified atom stereocenters. The average Bonchev–Trinajstić information content (AvgIpc) is 3.15. The van der Waals surface area contributed by atoms with Crippen LogP contribution in [0.1, 0.15) is 29.9 Å². The SMILES string of the molecule is CNS(=O)(=O)CCc1ccc2[nH]cc(C3CCN(C)CC3)c2c1.O=C(O)/C=C/C(=O)O. The van der Waals surface area contributed by atoms with Crippen LogP contribution in [0.4, 0.5) is 0 Å². The van der Waals surface area contributed by atoms with Gasteiger partial charge in [0.25, 0.3) is 0 Å². The Labute approximate surface area is 181 Å². The first kappa shape index (κ1) is 24.6. The zero-order valence-electron chi connectivity index (χ0n) is 17.7. The van der Waals surface area contributed by atoms with Crippen molar-refractivity contribution < 1.29 is 28.2 Å². The van der Waals surface area contributed by atoms with E-state index in [0.29, 0.717) is 24.5 Å². The number of benzene rings is 1.